The van der Waals surface area contributed by atoms with Crippen molar-refractivity contribution in [2.75, 3.05) is 18.1 Å². The number of carbonyl (C=O) groups excluding carboxylic acids is 1. The average Bonchev–Trinajstić information content (AvgIpc) is 2.06. The summed E-state index contributed by atoms with van der Waals surface area (Å²) in [4.78, 5) is 11.1. The van der Waals surface area contributed by atoms with Crippen LogP contribution in [0.1, 0.15) is 0 Å². The molecule has 0 aliphatic heterocycles. The van der Waals surface area contributed by atoms with Crippen LogP contribution >= 0.6 is 8.58 Å². The van der Waals surface area contributed by atoms with Crippen LogP contribution in [0.15, 0.2) is 30.3 Å². The maximum absolute atomic E-state index is 11.1. The van der Waals surface area contributed by atoms with Crippen LogP contribution in [-0.2, 0) is 4.79 Å². The van der Waals surface area contributed by atoms with E-state index in [1.807, 2.05) is 37.0 Å². The molecule has 64 valence electrons. The Balaban J connectivity index is 2.47. The first-order valence-electron chi connectivity index (χ1n) is 3.82. The van der Waals surface area contributed by atoms with Crippen LogP contribution in [0.4, 0.5) is 5.69 Å². The Morgan fingerprint density at radius 3 is 2.67 bits per heavy atom. The van der Waals surface area contributed by atoms with E-state index in [2.05, 4.69) is 5.32 Å². The van der Waals surface area contributed by atoms with E-state index in [0.29, 0.717) is 14.7 Å². The highest BCUT2D eigenvalue weighted by atomic mass is 31.1. The lowest BCUT2D eigenvalue weighted by Gasteiger charge is -2.02. The molecule has 1 N–H and O–H groups in total. The van der Waals surface area contributed by atoms with Gasteiger partial charge in [0, 0.05) is 11.8 Å². The van der Waals surface area contributed by atoms with Crippen molar-refractivity contribution < 1.29 is 4.79 Å². The van der Waals surface area contributed by atoms with Gasteiger partial charge in [-0.3, -0.25) is 4.79 Å². The third-order valence-corrected chi connectivity index (χ3v) is 2.07. The second-order valence-corrected chi connectivity index (χ2v) is 3.51. The molecule has 1 amide bonds. The lowest BCUT2D eigenvalue weighted by atomic mass is 10.3. The molecule has 0 saturated heterocycles. The van der Waals surface area contributed by atoms with Gasteiger partial charge in [-0.1, -0.05) is 18.2 Å². The molecular weight excluding hydrogens is 169 g/mol. The van der Waals surface area contributed by atoms with Gasteiger partial charge in [0.05, 0.1) is 0 Å². The molecule has 0 saturated carbocycles. The Hall–Kier alpha value is -0.880. The van der Waals surface area contributed by atoms with E-state index in [1.165, 1.54) is 0 Å². The van der Waals surface area contributed by atoms with Crippen LogP contribution in [0.25, 0.3) is 0 Å². The summed E-state index contributed by atoms with van der Waals surface area (Å²) in [6.07, 6.45) is 0.620. The van der Waals surface area contributed by atoms with E-state index < -0.39 is 0 Å². The Kier molecular flexibility index (Phi) is 3.75. The Morgan fingerprint density at radius 2 is 2.08 bits per heavy atom. The zero-order valence-corrected chi connectivity index (χ0v) is 8.00. The summed E-state index contributed by atoms with van der Waals surface area (Å²) in [5.74, 6) is 0.0991. The standard InChI is InChI=1S/C9H12NOP/c1-12-7-9(11)10-8-5-3-2-4-6-8/h2-6,12H,7H2,1H3,(H,10,11). The van der Waals surface area contributed by atoms with Crippen LogP contribution in [0.2, 0.25) is 0 Å². The maximum atomic E-state index is 11.1. The lowest BCUT2D eigenvalue weighted by molar-refractivity contribution is -0.113. The molecule has 3 heteroatoms. The minimum absolute atomic E-state index is 0.0991. The Morgan fingerprint density at radius 1 is 1.42 bits per heavy atom. The van der Waals surface area contributed by atoms with Gasteiger partial charge in [-0.2, -0.15) is 0 Å². The van der Waals surface area contributed by atoms with Gasteiger partial charge >= 0.3 is 0 Å². The highest BCUT2D eigenvalue weighted by molar-refractivity contribution is 7.38. The predicted molar refractivity (Wildman–Crippen MR) is 54.2 cm³/mol. The van der Waals surface area contributed by atoms with Crippen LogP contribution in [-0.4, -0.2) is 18.7 Å². The summed E-state index contributed by atoms with van der Waals surface area (Å²) in [5, 5.41) is 2.81. The van der Waals surface area contributed by atoms with Gasteiger partial charge < -0.3 is 5.32 Å². The van der Waals surface area contributed by atoms with Gasteiger partial charge in [-0.25, -0.2) is 0 Å². The molecule has 12 heavy (non-hydrogen) atoms. The second kappa shape index (κ2) is 4.89. The molecule has 0 aliphatic rings. The number of anilines is 1. The fourth-order valence-corrected chi connectivity index (χ4v) is 1.30. The normalized spacial score (nSPS) is 10.4. The lowest BCUT2D eigenvalue weighted by Crippen LogP contribution is -2.12. The number of para-hydroxylation sites is 1. The fraction of sp³-hybridized carbons (Fsp3) is 0.222. The highest BCUT2D eigenvalue weighted by Crippen LogP contribution is 2.07. The quantitative estimate of drug-likeness (QED) is 0.709. The van der Waals surface area contributed by atoms with Crippen molar-refractivity contribution in [2.24, 2.45) is 0 Å². The zero-order valence-electron chi connectivity index (χ0n) is 7.00. The van der Waals surface area contributed by atoms with Crippen molar-refractivity contribution in [3.8, 4) is 0 Å². The zero-order chi connectivity index (χ0) is 8.81. The minimum Gasteiger partial charge on any atom is -0.326 e. The molecular formula is C9H12NOP. The molecule has 1 atom stereocenters. The molecule has 0 radical (unpaired) electrons. The number of benzene rings is 1. The third-order valence-electron chi connectivity index (χ3n) is 1.39. The first kappa shape index (κ1) is 9.21. The van der Waals surface area contributed by atoms with Crippen LogP contribution in [0.5, 0.6) is 0 Å². The van der Waals surface area contributed by atoms with Crippen LogP contribution < -0.4 is 5.32 Å². The first-order chi connectivity index (χ1) is 5.83. The monoisotopic (exact) mass is 181 g/mol. The van der Waals surface area contributed by atoms with Crippen LogP contribution in [0.3, 0.4) is 0 Å². The summed E-state index contributed by atoms with van der Waals surface area (Å²) in [6, 6.07) is 9.51. The first-order valence-corrected chi connectivity index (χ1v) is 5.53. The molecule has 0 aliphatic carbocycles. The summed E-state index contributed by atoms with van der Waals surface area (Å²) in [6.45, 7) is 2.02. The fourth-order valence-electron chi connectivity index (χ4n) is 0.887. The molecule has 0 heterocycles. The van der Waals surface area contributed by atoms with Crippen molar-refractivity contribution in [3.63, 3.8) is 0 Å². The summed E-state index contributed by atoms with van der Waals surface area (Å²) in [5.41, 5.74) is 0.876. The van der Waals surface area contributed by atoms with Crippen LogP contribution in [0, 0.1) is 0 Å². The Labute approximate surface area is 74.2 Å². The largest absolute Gasteiger partial charge is 0.326 e. The molecule has 0 spiro atoms. The molecule has 1 aromatic carbocycles. The molecule has 0 bridgehead atoms. The molecule has 1 aromatic rings. The van der Waals surface area contributed by atoms with Gasteiger partial charge in [0.25, 0.3) is 0 Å². The molecule has 1 unspecified atom stereocenters. The maximum Gasteiger partial charge on any atom is 0.228 e. The summed E-state index contributed by atoms with van der Waals surface area (Å²) in [7, 11) is 0.678. The second-order valence-electron chi connectivity index (χ2n) is 2.44. The van der Waals surface area contributed by atoms with E-state index in [-0.39, 0.29) is 5.91 Å². The van der Waals surface area contributed by atoms with Crippen molar-refractivity contribution in [1.82, 2.24) is 0 Å². The number of rotatable bonds is 3. The van der Waals surface area contributed by atoms with Gasteiger partial charge in [0.2, 0.25) is 5.91 Å². The van der Waals surface area contributed by atoms with E-state index in [0.717, 1.165) is 5.69 Å². The SMILES string of the molecule is CPCC(=O)Nc1ccccc1. The number of nitrogens with one attached hydrogen (secondary N) is 1. The number of hydrogen-bond acceptors (Lipinski definition) is 1. The molecule has 1 rings (SSSR count). The topological polar surface area (TPSA) is 29.1 Å². The summed E-state index contributed by atoms with van der Waals surface area (Å²) >= 11 is 0. The number of hydrogen-bond donors (Lipinski definition) is 1. The van der Waals surface area contributed by atoms with E-state index in [4.69, 9.17) is 0 Å². The molecule has 0 aromatic heterocycles. The third kappa shape index (κ3) is 3.02. The van der Waals surface area contributed by atoms with E-state index in [9.17, 15) is 4.79 Å². The summed E-state index contributed by atoms with van der Waals surface area (Å²) < 4.78 is 0. The smallest absolute Gasteiger partial charge is 0.228 e. The van der Waals surface area contributed by atoms with Crippen molar-refractivity contribution in [3.05, 3.63) is 30.3 Å². The van der Waals surface area contributed by atoms with E-state index in [1.54, 1.807) is 0 Å². The van der Waals surface area contributed by atoms with Gasteiger partial charge in [0.15, 0.2) is 0 Å². The van der Waals surface area contributed by atoms with E-state index >= 15 is 0 Å². The number of amides is 1. The number of carbonyl (C=O) groups is 1. The average molecular weight is 181 g/mol. The van der Waals surface area contributed by atoms with Crippen molar-refractivity contribution in [2.45, 2.75) is 0 Å². The highest BCUT2D eigenvalue weighted by Gasteiger charge is 1.97. The molecule has 0 fully saturated rings. The van der Waals surface area contributed by atoms with Crippen molar-refractivity contribution >= 4 is 20.2 Å². The van der Waals surface area contributed by atoms with Gasteiger partial charge in [0.1, 0.15) is 0 Å². The van der Waals surface area contributed by atoms with Gasteiger partial charge in [-0.05, 0) is 18.8 Å². The molecule has 2 nitrogen and oxygen atoms in total. The van der Waals surface area contributed by atoms with Crippen molar-refractivity contribution in [1.29, 1.82) is 0 Å². The predicted octanol–water partition coefficient (Wildman–Crippen LogP) is 1.93. The Bertz CT molecular complexity index is 248. The van der Waals surface area contributed by atoms with Gasteiger partial charge in [-0.15, -0.1) is 8.58 Å². The minimum atomic E-state index is 0.0991.